The lowest BCUT2D eigenvalue weighted by Crippen LogP contribution is -2.39. The Morgan fingerprint density at radius 1 is 0.397 bits per heavy atom. The second-order valence-corrected chi connectivity index (χ2v) is 27.3. The van der Waals surface area contributed by atoms with Crippen LogP contribution in [-0.4, -0.2) is 51.0 Å². The Bertz CT molecular complexity index is 2380. The minimum atomic E-state index is -0.00704. The summed E-state index contributed by atoms with van der Waals surface area (Å²) >= 11 is 5.11. The molecular weight excluding hydrogens is 1010 g/mol. The smallest absolute Gasteiger partial charge is 0.261 e. The van der Waals surface area contributed by atoms with Crippen LogP contribution in [0.1, 0.15) is 314 Å². The highest BCUT2D eigenvalue weighted by molar-refractivity contribution is 7.23. The van der Waals surface area contributed by atoms with Crippen molar-refractivity contribution in [2.75, 3.05) is 6.54 Å². The van der Waals surface area contributed by atoms with Gasteiger partial charge in [-0.3, -0.25) is 14.4 Å². The van der Waals surface area contributed by atoms with Crippen molar-refractivity contribution in [3.8, 4) is 9.75 Å². The van der Waals surface area contributed by atoms with E-state index in [0.717, 1.165) is 123 Å². The Labute approximate surface area is 488 Å². The molecule has 0 bridgehead atoms. The molecule has 3 amide bonds. The lowest BCUT2D eigenvalue weighted by molar-refractivity contribution is -0.125. The molecular formula is C69H107N3O3S3. The number of aryl methyl sites for hydroxylation is 2. The molecule has 0 fully saturated rings. The number of hydrogen-bond donors (Lipinski definition) is 0. The van der Waals surface area contributed by atoms with Crippen LogP contribution in [0, 0.1) is 13.8 Å². The van der Waals surface area contributed by atoms with Crippen molar-refractivity contribution in [3.05, 3.63) is 72.6 Å². The molecule has 0 saturated heterocycles. The van der Waals surface area contributed by atoms with E-state index in [1.807, 2.05) is 4.90 Å². The van der Waals surface area contributed by atoms with E-state index in [9.17, 15) is 4.79 Å². The predicted molar refractivity (Wildman–Crippen MR) is 340 cm³/mol. The van der Waals surface area contributed by atoms with E-state index in [1.165, 1.54) is 178 Å². The largest absolute Gasteiger partial charge is 0.308 e. The van der Waals surface area contributed by atoms with Gasteiger partial charge in [0.2, 0.25) is 0 Å². The molecule has 0 aliphatic carbocycles. The van der Waals surface area contributed by atoms with Gasteiger partial charge in [-0.15, -0.1) is 34.0 Å². The average molecular weight is 1120 g/mol. The third-order valence-corrected chi connectivity index (χ3v) is 20.7. The highest BCUT2D eigenvalue weighted by Gasteiger charge is 2.52. The zero-order chi connectivity index (χ0) is 55.7. The number of nitrogens with zero attached hydrogens (tertiary/aromatic N) is 3. The molecule has 0 spiro atoms. The molecule has 78 heavy (non-hydrogen) atoms. The second kappa shape index (κ2) is 34.9. The van der Waals surface area contributed by atoms with Crippen LogP contribution in [0.2, 0.25) is 0 Å². The molecule has 0 radical (unpaired) electrons. The van der Waals surface area contributed by atoms with E-state index in [4.69, 9.17) is 0 Å². The molecule has 0 aromatic carbocycles. The predicted octanol–water partition coefficient (Wildman–Crippen LogP) is 22.0. The highest BCUT2D eigenvalue weighted by Crippen LogP contribution is 2.53. The van der Waals surface area contributed by atoms with Crippen LogP contribution in [0.15, 0.2) is 42.0 Å². The molecule has 2 unspecified atom stereocenters. The Morgan fingerprint density at radius 2 is 0.744 bits per heavy atom. The van der Waals surface area contributed by atoms with Crippen LogP contribution in [0.3, 0.4) is 0 Å². The minimum absolute atomic E-state index is 0.00704. The monoisotopic (exact) mass is 1120 g/mol. The highest BCUT2D eigenvalue weighted by atomic mass is 32.1. The van der Waals surface area contributed by atoms with E-state index in [1.54, 1.807) is 34.0 Å². The summed E-state index contributed by atoms with van der Waals surface area (Å²) in [6, 6.07) is 8.76. The summed E-state index contributed by atoms with van der Waals surface area (Å²) in [5.74, 6) is 0.118. The van der Waals surface area contributed by atoms with Gasteiger partial charge in [-0.25, -0.2) is 0 Å². The van der Waals surface area contributed by atoms with Crippen LogP contribution in [0.4, 0.5) is 0 Å². The zero-order valence-corrected chi connectivity index (χ0v) is 53.0. The summed E-state index contributed by atoms with van der Waals surface area (Å²) in [7, 11) is 0. The van der Waals surface area contributed by atoms with Gasteiger partial charge in [-0.05, 0) is 70.2 Å². The first kappa shape index (κ1) is 63.9. The lowest BCUT2D eigenvalue weighted by Gasteiger charge is -2.34. The number of carbonyl (C=O) groups is 3. The molecule has 3 aliphatic rings. The van der Waals surface area contributed by atoms with E-state index in [2.05, 4.69) is 89.1 Å². The first-order chi connectivity index (χ1) is 38.1. The topological polar surface area (TPSA) is 60.9 Å². The van der Waals surface area contributed by atoms with Crippen LogP contribution in [0.25, 0.3) is 26.8 Å². The Balaban J connectivity index is 1.42. The summed E-state index contributed by atoms with van der Waals surface area (Å²) in [6.45, 7) is 20.9. The Kier molecular flexibility index (Phi) is 28.6. The van der Waals surface area contributed by atoms with Crippen molar-refractivity contribution in [2.45, 2.75) is 305 Å². The molecule has 0 saturated carbocycles. The van der Waals surface area contributed by atoms with Crippen molar-refractivity contribution in [3.63, 3.8) is 0 Å². The average Bonchev–Trinajstić information content (AvgIpc) is 4.36. The van der Waals surface area contributed by atoms with Gasteiger partial charge in [-0.2, -0.15) is 0 Å². The maximum Gasteiger partial charge on any atom is 0.261 e. The first-order valence-electron chi connectivity index (χ1n) is 32.6. The van der Waals surface area contributed by atoms with Crippen molar-refractivity contribution in [1.82, 2.24) is 14.7 Å². The van der Waals surface area contributed by atoms with E-state index in [0.29, 0.717) is 17.7 Å². The fourth-order valence-corrected chi connectivity index (χ4v) is 16.0. The molecule has 0 N–H and O–H groups in total. The van der Waals surface area contributed by atoms with Crippen molar-refractivity contribution < 1.29 is 14.4 Å². The lowest BCUT2D eigenvalue weighted by atomic mass is 9.97. The second-order valence-electron chi connectivity index (χ2n) is 23.7. The van der Waals surface area contributed by atoms with Crippen LogP contribution >= 0.6 is 34.0 Å². The van der Waals surface area contributed by atoms with E-state index < -0.39 is 0 Å². The standard InChI is InChI=1S/C69H107N3O3S3/c1-9-14-19-24-29-31-35-40-45-55(43-38-33-26-21-16-11-3)71-64(57-48-47-52(6)76-57)61-62(69(71)75)65(72(68(61)74)56(44-39-34-27-22-17-12-4)46-41-36-32-30-25-20-15-10-2)58-49-50-59(78-58)66-63-60(54(8)77-66)53(7)70(67(63)73)51-42-37-28-23-18-13-5/h47-50,55-56H,7,9-46,51H2,1-6,8H3. The summed E-state index contributed by atoms with van der Waals surface area (Å²) in [5.41, 5.74) is 5.59. The van der Waals surface area contributed by atoms with Crippen molar-refractivity contribution in [2.24, 2.45) is 0 Å². The summed E-state index contributed by atoms with van der Waals surface area (Å²) in [6.07, 6.45) is 45.3. The van der Waals surface area contributed by atoms with E-state index >= 15 is 9.59 Å². The van der Waals surface area contributed by atoms with Gasteiger partial charge in [-0.1, -0.05) is 253 Å². The van der Waals surface area contributed by atoms with Gasteiger partial charge >= 0.3 is 0 Å². The number of rotatable bonds is 44. The van der Waals surface area contributed by atoms with Gasteiger partial charge in [0.15, 0.2) is 0 Å². The molecule has 3 aromatic heterocycles. The molecule has 3 aliphatic heterocycles. The van der Waals surface area contributed by atoms with Gasteiger partial charge in [0, 0.05) is 44.5 Å². The maximum absolute atomic E-state index is 16.2. The minimum Gasteiger partial charge on any atom is -0.308 e. The van der Waals surface area contributed by atoms with Crippen LogP contribution < -0.4 is 0 Å². The summed E-state index contributed by atoms with van der Waals surface area (Å²) in [5, 5.41) is 0. The number of fused-ring (bicyclic) bond motifs is 2. The molecule has 3 aromatic rings. The zero-order valence-electron chi connectivity index (χ0n) is 50.5. The number of unbranched alkanes of at least 4 members (excludes halogenated alkanes) is 29. The Hall–Kier alpha value is -3.27. The van der Waals surface area contributed by atoms with Gasteiger partial charge in [0.1, 0.15) is 0 Å². The van der Waals surface area contributed by atoms with Crippen molar-refractivity contribution >= 4 is 68.8 Å². The number of hydrogen-bond acceptors (Lipinski definition) is 6. The molecule has 2 atom stereocenters. The molecule has 9 heteroatoms. The molecule has 6 heterocycles. The first-order valence-corrected chi connectivity index (χ1v) is 35.1. The number of amides is 3. The van der Waals surface area contributed by atoms with Gasteiger partial charge < -0.3 is 14.7 Å². The molecule has 434 valence electrons. The quantitative estimate of drug-likeness (QED) is 0.0530. The number of carbonyl (C=O) groups excluding carboxylic acids is 3. The van der Waals surface area contributed by atoms with Crippen LogP contribution in [0.5, 0.6) is 0 Å². The maximum atomic E-state index is 16.2. The third-order valence-electron chi connectivity index (χ3n) is 17.3. The fourth-order valence-electron chi connectivity index (χ4n) is 12.8. The normalized spacial score (nSPS) is 15.4. The summed E-state index contributed by atoms with van der Waals surface area (Å²) in [4.78, 5) is 59.6. The van der Waals surface area contributed by atoms with Gasteiger partial charge in [0.25, 0.3) is 17.7 Å². The fraction of sp³-hybridized carbons (Fsp3) is 0.696. The van der Waals surface area contributed by atoms with E-state index in [-0.39, 0.29) is 29.8 Å². The van der Waals surface area contributed by atoms with Crippen LogP contribution in [-0.2, 0) is 9.59 Å². The molecule has 6 nitrogen and oxygen atoms in total. The molecule has 6 rings (SSSR count). The SMILES string of the molecule is C=C1c2c(C)sc(-c3ccc(C4=C5C(=O)N(C(CCCCCCCC)CCCCCCCCCC)C(c6ccc(C)s6)=C5C(=O)N4C(CCCCCCCC)CCCCCCCCCC)s3)c2C(=O)N1CCCCCCCC. The third kappa shape index (κ3) is 17.4. The summed E-state index contributed by atoms with van der Waals surface area (Å²) < 4.78 is 0. The van der Waals surface area contributed by atoms with Gasteiger partial charge in [0.05, 0.1) is 42.7 Å². The number of thiophene rings is 3. The Morgan fingerprint density at radius 3 is 1.13 bits per heavy atom. The van der Waals surface area contributed by atoms with Crippen molar-refractivity contribution in [1.29, 1.82) is 0 Å².